The van der Waals surface area contributed by atoms with Gasteiger partial charge >= 0.3 is 0 Å². The van der Waals surface area contributed by atoms with E-state index in [1.165, 1.54) is 0 Å². The Morgan fingerprint density at radius 3 is 3.00 bits per heavy atom. The first-order valence-electron chi connectivity index (χ1n) is 5.66. The zero-order valence-corrected chi connectivity index (χ0v) is 11.7. The van der Waals surface area contributed by atoms with Crippen LogP contribution in [0.5, 0.6) is 5.75 Å². The Kier molecular flexibility index (Phi) is 6.46. The third-order valence-electron chi connectivity index (χ3n) is 2.24. The number of nitrogens with one attached hydrogen (secondary N) is 1. The Morgan fingerprint density at radius 1 is 1.56 bits per heavy atom. The third kappa shape index (κ3) is 4.89. The highest BCUT2D eigenvalue weighted by atomic mass is 79.9. The van der Waals surface area contributed by atoms with Crippen LogP contribution in [0.4, 0.5) is 0 Å². The van der Waals surface area contributed by atoms with E-state index in [4.69, 9.17) is 10.5 Å². The highest BCUT2D eigenvalue weighted by molar-refractivity contribution is 9.10. The normalized spacial score (nSPS) is 9.89. The molecule has 0 bridgehead atoms. The molecule has 1 aromatic rings. The van der Waals surface area contributed by atoms with Crippen molar-refractivity contribution in [2.45, 2.75) is 6.42 Å². The van der Waals surface area contributed by atoms with Gasteiger partial charge < -0.3 is 15.8 Å². The SMILES string of the molecule is C=CCNC(=O)COc1ccc(Br)c(CCN)c1. The molecule has 0 atom stereocenters. The lowest BCUT2D eigenvalue weighted by molar-refractivity contribution is -0.122. The molecule has 3 N–H and O–H groups in total. The van der Waals surface area contributed by atoms with Gasteiger partial charge in [0.2, 0.25) is 0 Å². The molecule has 98 valence electrons. The van der Waals surface area contributed by atoms with Crippen LogP contribution in [0.1, 0.15) is 5.56 Å². The summed E-state index contributed by atoms with van der Waals surface area (Å²) in [6.07, 6.45) is 2.39. The third-order valence-corrected chi connectivity index (χ3v) is 3.02. The van der Waals surface area contributed by atoms with Gasteiger partial charge in [0, 0.05) is 11.0 Å². The van der Waals surface area contributed by atoms with Crippen LogP contribution < -0.4 is 15.8 Å². The predicted octanol–water partition coefficient (Wildman–Crippen LogP) is 1.63. The smallest absolute Gasteiger partial charge is 0.258 e. The number of hydrogen-bond acceptors (Lipinski definition) is 3. The summed E-state index contributed by atoms with van der Waals surface area (Å²) in [4.78, 5) is 11.3. The van der Waals surface area contributed by atoms with Gasteiger partial charge in [-0.15, -0.1) is 6.58 Å². The van der Waals surface area contributed by atoms with Gasteiger partial charge in [-0.05, 0) is 36.7 Å². The van der Waals surface area contributed by atoms with E-state index in [0.29, 0.717) is 18.8 Å². The monoisotopic (exact) mass is 312 g/mol. The Bertz CT molecular complexity index is 421. The maximum absolute atomic E-state index is 11.3. The van der Waals surface area contributed by atoms with Gasteiger partial charge in [0.25, 0.3) is 5.91 Å². The first kappa shape index (κ1) is 14.7. The lowest BCUT2D eigenvalue weighted by Gasteiger charge is -2.09. The fourth-order valence-electron chi connectivity index (χ4n) is 1.37. The van der Waals surface area contributed by atoms with Crippen LogP contribution in [0, 0.1) is 0 Å². The number of nitrogens with two attached hydrogens (primary N) is 1. The summed E-state index contributed by atoms with van der Waals surface area (Å²) in [5.41, 5.74) is 6.59. The zero-order valence-electron chi connectivity index (χ0n) is 10.1. The van der Waals surface area contributed by atoms with Crippen molar-refractivity contribution in [3.05, 3.63) is 40.9 Å². The molecule has 0 aromatic heterocycles. The molecule has 0 fully saturated rings. The Balaban J connectivity index is 2.54. The molecule has 0 aliphatic heterocycles. The lowest BCUT2D eigenvalue weighted by Crippen LogP contribution is -2.28. The van der Waals surface area contributed by atoms with E-state index < -0.39 is 0 Å². The number of carbonyl (C=O) groups is 1. The fourth-order valence-corrected chi connectivity index (χ4v) is 1.82. The number of rotatable bonds is 7. The lowest BCUT2D eigenvalue weighted by atomic mass is 10.1. The van der Waals surface area contributed by atoms with Crippen molar-refractivity contribution in [3.63, 3.8) is 0 Å². The van der Waals surface area contributed by atoms with Gasteiger partial charge in [-0.3, -0.25) is 4.79 Å². The quantitative estimate of drug-likeness (QED) is 0.752. The topological polar surface area (TPSA) is 64.3 Å². The van der Waals surface area contributed by atoms with E-state index in [1.54, 1.807) is 6.08 Å². The van der Waals surface area contributed by atoms with Crippen LogP contribution in [-0.4, -0.2) is 25.6 Å². The molecule has 0 radical (unpaired) electrons. The summed E-state index contributed by atoms with van der Waals surface area (Å²) >= 11 is 3.44. The Morgan fingerprint density at radius 2 is 2.33 bits per heavy atom. The van der Waals surface area contributed by atoms with Gasteiger partial charge in [0.15, 0.2) is 6.61 Å². The molecule has 1 aromatic carbocycles. The summed E-state index contributed by atoms with van der Waals surface area (Å²) in [7, 11) is 0. The largest absolute Gasteiger partial charge is 0.484 e. The number of ether oxygens (including phenoxy) is 1. The molecule has 0 unspecified atom stereocenters. The fraction of sp³-hybridized carbons (Fsp3) is 0.308. The molecular formula is C13H17BrN2O2. The summed E-state index contributed by atoms with van der Waals surface area (Å²) in [6, 6.07) is 5.59. The minimum atomic E-state index is -0.168. The van der Waals surface area contributed by atoms with Crippen LogP contribution in [0.2, 0.25) is 0 Å². The highest BCUT2D eigenvalue weighted by Crippen LogP contribution is 2.22. The van der Waals surface area contributed by atoms with Crippen molar-refractivity contribution in [1.82, 2.24) is 5.32 Å². The van der Waals surface area contributed by atoms with E-state index in [1.807, 2.05) is 18.2 Å². The van der Waals surface area contributed by atoms with Crippen molar-refractivity contribution in [2.75, 3.05) is 19.7 Å². The number of amides is 1. The van der Waals surface area contributed by atoms with E-state index in [2.05, 4.69) is 27.8 Å². The molecule has 0 saturated heterocycles. The molecular weight excluding hydrogens is 296 g/mol. The van der Waals surface area contributed by atoms with Crippen LogP contribution >= 0.6 is 15.9 Å². The second-order valence-electron chi connectivity index (χ2n) is 3.67. The molecule has 0 heterocycles. The second-order valence-corrected chi connectivity index (χ2v) is 4.53. The standard InChI is InChI=1S/C13H17BrN2O2/c1-2-7-16-13(17)9-18-11-3-4-12(14)10(8-11)5-6-15/h2-4,8H,1,5-7,9,15H2,(H,16,17). The van der Waals surface area contributed by atoms with E-state index in [9.17, 15) is 4.79 Å². The summed E-state index contributed by atoms with van der Waals surface area (Å²) in [5, 5.41) is 2.64. The van der Waals surface area contributed by atoms with E-state index in [0.717, 1.165) is 16.5 Å². The van der Waals surface area contributed by atoms with E-state index in [-0.39, 0.29) is 12.5 Å². The highest BCUT2D eigenvalue weighted by Gasteiger charge is 2.04. The van der Waals surface area contributed by atoms with Crippen molar-refractivity contribution >= 4 is 21.8 Å². The van der Waals surface area contributed by atoms with E-state index >= 15 is 0 Å². The molecule has 18 heavy (non-hydrogen) atoms. The van der Waals surface area contributed by atoms with Crippen molar-refractivity contribution in [3.8, 4) is 5.75 Å². The Labute approximate surface area is 115 Å². The molecule has 5 heteroatoms. The summed E-state index contributed by atoms with van der Waals surface area (Å²) < 4.78 is 6.40. The summed E-state index contributed by atoms with van der Waals surface area (Å²) in [5.74, 6) is 0.494. The number of hydrogen-bond donors (Lipinski definition) is 2. The van der Waals surface area contributed by atoms with Crippen LogP contribution in [0.15, 0.2) is 35.3 Å². The average Bonchev–Trinajstić information content (AvgIpc) is 2.37. The predicted molar refractivity (Wildman–Crippen MR) is 75.6 cm³/mol. The molecule has 0 spiro atoms. The molecule has 0 aliphatic rings. The van der Waals surface area contributed by atoms with Crippen LogP contribution in [-0.2, 0) is 11.2 Å². The van der Waals surface area contributed by atoms with Crippen molar-refractivity contribution in [1.29, 1.82) is 0 Å². The number of carbonyl (C=O) groups excluding carboxylic acids is 1. The first-order chi connectivity index (χ1) is 8.67. The minimum Gasteiger partial charge on any atom is -0.484 e. The summed E-state index contributed by atoms with van der Waals surface area (Å²) in [6.45, 7) is 4.53. The number of halogens is 1. The van der Waals surface area contributed by atoms with Gasteiger partial charge in [-0.2, -0.15) is 0 Å². The second kappa shape index (κ2) is 7.89. The van der Waals surface area contributed by atoms with Crippen molar-refractivity contribution in [2.24, 2.45) is 5.73 Å². The van der Waals surface area contributed by atoms with Gasteiger partial charge in [-0.1, -0.05) is 22.0 Å². The molecule has 0 saturated carbocycles. The maximum atomic E-state index is 11.3. The molecule has 4 nitrogen and oxygen atoms in total. The maximum Gasteiger partial charge on any atom is 0.258 e. The average molecular weight is 313 g/mol. The van der Waals surface area contributed by atoms with Crippen LogP contribution in [0.3, 0.4) is 0 Å². The molecule has 1 rings (SSSR count). The van der Waals surface area contributed by atoms with Gasteiger partial charge in [0.05, 0.1) is 0 Å². The van der Waals surface area contributed by atoms with Gasteiger partial charge in [-0.25, -0.2) is 0 Å². The van der Waals surface area contributed by atoms with Crippen molar-refractivity contribution < 1.29 is 9.53 Å². The van der Waals surface area contributed by atoms with Crippen LogP contribution in [0.25, 0.3) is 0 Å². The number of benzene rings is 1. The van der Waals surface area contributed by atoms with Gasteiger partial charge in [0.1, 0.15) is 5.75 Å². The zero-order chi connectivity index (χ0) is 13.4. The first-order valence-corrected chi connectivity index (χ1v) is 6.45. The molecule has 1 amide bonds. The molecule has 0 aliphatic carbocycles. The Hall–Kier alpha value is -1.33. The minimum absolute atomic E-state index is 0.00244.